The van der Waals surface area contributed by atoms with Gasteiger partial charge in [0.1, 0.15) is 5.75 Å². The van der Waals surface area contributed by atoms with Crippen molar-refractivity contribution in [2.24, 2.45) is 0 Å². The van der Waals surface area contributed by atoms with E-state index in [9.17, 15) is 4.79 Å². The second-order valence-electron chi connectivity index (χ2n) is 5.34. The van der Waals surface area contributed by atoms with E-state index in [2.05, 4.69) is 26.2 Å². The molecule has 1 aromatic heterocycles. The van der Waals surface area contributed by atoms with E-state index < -0.39 is 0 Å². The molecule has 0 radical (unpaired) electrons. The first-order chi connectivity index (χ1) is 12.7. The Hall–Kier alpha value is -2.44. The molecule has 132 valence electrons. The molecule has 1 N–H and O–H groups in total. The smallest absolute Gasteiger partial charge is 0.250 e. The van der Waals surface area contributed by atoms with Gasteiger partial charge in [-0.3, -0.25) is 10.1 Å². The maximum atomic E-state index is 12.2. The van der Waals surface area contributed by atoms with Crippen LogP contribution in [0.4, 0.5) is 5.13 Å². The van der Waals surface area contributed by atoms with E-state index in [-0.39, 0.29) is 5.91 Å². The first-order valence-electron chi connectivity index (χ1n) is 8.08. The number of carbonyl (C=O) groups excluding carboxylic acids is 1. The maximum absolute atomic E-state index is 12.2. The summed E-state index contributed by atoms with van der Waals surface area (Å²) in [6.45, 7) is 2.51. The van der Waals surface area contributed by atoms with Gasteiger partial charge in [-0.25, -0.2) is 4.98 Å². The number of amides is 1. The van der Waals surface area contributed by atoms with Crippen molar-refractivity contribution in [2.75, 3.05) is 11.9 Å². The number of carbonyl (C=O) groups is 1. The first kappa shape index (κ1) is 18.4. The van der Waals surface area contributed by atoms with Crippen LogP contribution >= 0.6 is 27.3 Å². The Bertz CT molecular complexity index is 920. The van der Waals surface area contributed by atoms with E-state index in [1.54, 1.807) is 6.08 Å². The molecular weight excluding hydrogens is 412 g/mol. The Labute approximate surface area is 164 Å². The van der Waals surface area contributed by atoms with Gasteiger partial charge in [-0.2, -0.15) is 0 Å². The van der Waals surface area contributed by atoms with E-state index in [1.807, 2.05) is 60.8 Å². The van der Waals surface area contributed by atoms with Crippen molar-refractivity contribution < 1.29 is 9.53 Å². The number of nitrogens with one attached hydrogen (secondary N) is 1. The molecule has 2 aromatic carbocycles. The lowest BCUT2D eigenvalue weighted by atomic mass is 10.2. The molecule has 4 nitrogen and oxygen atoms in total. The van der Waals surface area contributed by atoms with Crippen molar-refractivity contribution in [3.8, 4) is 17.0 Å². The zero-order valence-corrected chi connectivity index (χ0v) is 16.5. The predicted molar refractivity (Wildman–Crippen MR) is 111 cm³/mol. The molecule has 0 aliphatic rings. The third-order valence-electron chi connectivity index (χ3n) is 3.51. The summed E-state index contributed by atoms with van der Waals surface area (Å²) in [5.74, 6) is 0.527. The van der Waals surface area contributed by atoms with Gasteiger partial charge in [0.05, 0.1) is 12.3 Å². The summed E-state index contributed by atoms with van der Waals surface area (Å²) in [5, 5.41) is 5.29. The molecule has 1 amide bonds. The van der Waals surface area contributed by atoms with Crippen molar-refractivity contribution >= 4 is 44.4 Å². The van der Waals surface area contributed by atoms with Crippen molar-refractivity contribution in [3.05, 3.63) is 70.0 Å². The molecule has 0 saturated carbocycles. The number of aromatic nitrogens is 1. The molecule has 0 fully saturated rings. The highest BCUT2D eigenvalue weighted by Crippen LogP contribution is 2.26. The number of thiazole rings is 1. The second-order valence-corrected chi connectivity index (χ2v) is 7.11. The minimum Gasteiger partial charge on any atom is -0.493 e. The van der Waals surface area contributed by atoms with Gasteiger partial charge in [0, 0.05) is 27.1 Å². The molecule has 0 bridgehead atoms. The van der Waals surface area contributed by atoms with E-state index in [0.29, 0.717) is 11.7 Å². The Morgan fingerprint density at radius 2 is 2.00 bits per heavy atom. The molecule has 0 atom stereocenters. The van der Waals surface area contributed by atoms with Gasteiger partial charge in [0.25, 0.3) is 0 Å². The molecular formula is C20H17BrN2O2S. The van der Waals surface area contributed by atoms with Crippen LogP contribution in [0.1, 0.15) is 12.5 Å². The molecule has 1 heterocycles. The summed E-state index contributed by atoms with van der Waals surface area (Å²) < 4.78 is 6.57. The minimum atomic E-state index is -0.229. The van der Waals surface area contributed by atoms with Gasteiger partial charge in [-0.15, -0.1) is 11.3 Å². The van der Waals surface area contributed by atoms with E-state index >= 15 is 0 Å². The molecule has 0 aliphatic carbocycles. The highest BCUT2D eigenvalue weighted by atomic mass is 79.9. The molecule has 6 heteroatoms. The van der Waals surface area contributed by atoms with Gasteiger partial charge < -0.3 is 4.74 Å². The molecule has 0 spiro atoms. The third-order valence-corrected chi connectivity index (χ3v) is 4.79. The van der Waals surface area contributed by atoms with Crippen LogP contribution in [0, 0.1) is 0 Å². The molecule has 3 aromatic rings. The van der Waals surface area contributed by atoms with E-state index in [1.165, 1.54) is 17.4 Å². The Morgan fingerprint density at radius 1 is 1.23 bits per heavy atom. The fourth-order valence-electron chi connectivity index (χ4n) is 2.30. The fourth-order valence-corrected chi connectivity index (χ4v) is 3.29. The summed E-state index contributed by atoms with van der Waals surface area (Å²) in [4.78, 5) is 16.6. The van der Waals surface area contributed by atoms with Crippen LogP contribution in [-0.4, -0.2) is 17.5 Å². The third kappa shape index (κ3) is 4.80. The molecule has 0 saturated heterocycles. The average Bonchev–Trinajstić information content (AvgIpc) is 3.10. The zero-order chi connectivity index (χ0) is 18.4. The number of nitrogens with zero attached hydrogens (tertiary/aromatic N) is 1. The number of anilines is 1. The fraction of sp³-hybridized carbons (Fsp3) is 0.100. The lowest BCUT2D eigenvalue weighted by molar-refractivity contribution is -0.111. The highest BCUT2D eigenvalue weighted by molar-refractivity contribution is 9.10. The van der Waals surface area contributed by atoms with Crippen LogP contribution in [0.15, 0.2) is 64.5 Å². The van der Waals surface area contributed by atoms with Crippen molar-refractivity contribution in [1.82, 2.24) is 4.98 Å². The average molecular weight is 429 g/mol. The second kappa shape index (κ2) is 8.78. The van der Waals surface area contributed by atoms with Crippen LogP contribution in [0.3, 0.4) is 0 Å². The van der Waals surface area contributed by atoms with Gasteiger partial charge in [-0.1, -0.05) is 46.3 Å². The SMILES string of the molecule is CCOc1ccccc1/C=C/C(=O)Nc1nc(-c2ccc(Br)cc2)cs1. The number of para-hydroxylation sites is 1. The van der Waals surface area contributed by atoms with Gasteiger partial charge in [0.2, 0.25) is 5.91 Å². The summed E-state index contributed by atoms with van der Waals surface area (Å²) in [5.41, 5.74) is 2.70. The standard InChI is InChI=1S/C20H17BrN2O2S/c1-2-25-18-6-4-3-5-15(18)9-12-19(24)23-20-22-17(13-26-20)14-7-10-16(21)11-8-14/h3-13H,2H2,1H3,(H,22,23,24)/b12-9+. The van der Waals surface area contributed by atoms with E-state index in [0.717, 1.165) is 27.0 Å². The van der Waals surface area contributed by atoms with Crippen LogP contribution in [0.2, 0.25) is 0 Å². The van der Waals surface area contributed by atoms with Crippen LogP contribution in [-0.2, 0) is 4.79 Å². The van der Waals surface area contributed by atoms with Gasteiger partial charge >= 0.3 is 0 Å². The number of rotatable bonds is 6. The van der Waals surface area contributed by atoms with E-state index in [4.69, 9.17) is 4.74 Å². The van der Waals surface area contributed by atoms with Gasteiger partial charge in [-0.05, 0) is 31.2 Å². The highest BCUT2D eigenvalue weighted by Gasteiger charge is 2.07. The maximum Gasteiger partial charge on any atom is 0.250 e. The molecule has 3 rings (SSSR count). The predicted octanol–water partition coefficient (Wildman–Crippen LogP) is 5.62. The van der Waals surface area contributed by atoms with Crippen LogP contribution in [0.5, 0.6) is 5.75 Å². The van der Waals surface area contributed by atoms with Gasteiger partial charge in [0.15, 0.2) is 5.13 Å². The minimum absolute atomic E-state index is 0.229. The Balaban J connectivity index is 1.66. The first-order valence-corrected chi connectivity index (χ1v) is 9.75. The number of halogens is 1. The van der Waals surface area contributed by atoms with Crippen LogP contribution < -0.4 is 10.1 Å². The topological polar surface area (TPSA) is 51.2 Å². The zero-order valence-electron chi connectivity index (χ0n) is 14.1. The summed E-state index contributed by atoms with van der Waals surface area (Å²) in [6.07, 6.45) is 3.22. The summed E-state index contributed by atoms with van der Waals surface area (Å²) >= 11 is 4.81. The monoisotopic (exact) mass is 428 g/mol. The normalized spacial score (nSPS) is 10.8. The largest absolute Gasteiger partial charge is 0.493 e. The Morgan fingerprint density at radius 3 is 2.77 bits per heavy atom. The number of benzene rings is 2. The Kier molecular flexibility index (Phi) is 6.20. The number of hydrogen-bond acceptors (Lipinski definition) is 4. The lowest BCUT2D eigenvalue weighted by Crippen LogP contribution is -2.07. The van der Waals surface area contributed by atoms with Crippen molar-refractivity contribution in [1.29, 1.82) is 0 Å². The number of ether oxygens (including phenoxy) is 1. The molecule has 0 aliphatic heterocycles. The lowest BCUT2D eigenvalue weighted by Gasteiger charge is -2.06. The summed E-state index contributed by atoms with van der Waals surface area (Å²) in [6, 6.07) is 15.5. The van der Waals surface area contributed by atoms with Crippen molar-refractivity contribution in [3.63, 3.8) is 0 Å². The molecule has 26 heavy (non-hydrogen) atoms. The molecule has 0 unspecified atom stereocenters. The number of hydrogen-bond donors (Lipinski definition) is 1. The quantitative estimate of drug-likeness (QED) is 0.518. The summed E-state index contributed by atoms with van der Waals surface area (Å²) in [7, 11) is 0. The van der Waals surface area contributed by atoms with Crippen molar-refractivity contribution in [2.45, 2.75) is 6.92 Å². The van der Waals surface area contributed by atoms with Crippen LogP contribution in [0.25, 0.3) is 17.3 Å².